The molecule has 120 valence electrons. The Hall–Kier alpha value is -2.40. The summed E-state index contributed by atoms with van der Waals surface area (Å²) in [5, 5.41) is 0. The number of hydrogen-bond acceptors (Lipinski definition) is 4. The zero-order valence-electron chi connectivity index (χ0n) is 13.1. The van der Waals surface area contributed by atoms with Crippen LogP contribution >= 0.6 is 0 Å². The molecule has 5 nitrogen and oxygen atoms in total. The van der Waals surface area contributed by atoms with E-state index in [1.807, 2.05) is 41.3 Å². The monoisotopic (exact) mass is 312 g/mol. The molecule has 2 heterocycles. The molecule has 0 saturated carbocycles. The van der Waals surface area contributed by atoms with Gasteiger partial charge in [-0.2, -0.15) is 0 Å². The summed E-state index contributed by atoms with van der Waals surface area (Å²) in [6.45, 7) is 1.73. The lowest BCUT2D eigenvalue weighted by molar-refractivity contribution is -0.0210. The van der Waals surface area contributed by atoms with Crippen molar-refractivity contribution in [2.75, 3.05) is 26.8 Å². The molecule has 1 aromatic heterocycles. The molecule has 0 unspecified atom stereocenters. The van der Waals surface area contributed by atoms with Crippen LogP contribution in [-0.2, 0) is 11.2 Å². The van der Waals surface area contributed by atoms with Crippen LogP contribution in [0.5, 0.6) is 5.75 Å². The number of morpholine rings is 1. The number of benzene rings is 1. The lowest BCUT2D eigenvalue weighted by Gasteiger charge is -2.33. The summed E-state index contributed by atoms with van der Waals surface area (Å²) in [5.41, 5.74) is 1.62. The third kappa shape index (κ3) is 3.87. The van der Waals surface area contributed by atoms with Gasteiger partial charge in [-0.25, -0.2) is 0 Å². The van der Waals surface area contributed by atoms with Crippen molar-refractivity contribution in [3.63, 3.8) is 0 Å². The van der Waals surface area contributed by atoms with E-state index in [0.29, 0.717) is 25.4 Å². The molecule has 1 aromatic carbocycles. The Bertz CT molecular complexity index is 660. The Balaban J connectivity index is 1.65. The third-order valence-electron chi connectivity index (χ3n) is 3.91. The Kier molecular flexibility index (Phi) is 4.88. The first-order chi connectivity index (χ1) is 11.3. The highest BCUT2D eigenvalue weighted by Gasteiger charge is 2.25. The van der Waals surface area contributed by atoms with Gasteiger partial charge in [-0.3, -0.25) is 9.78 Å². The molecule has 3 rings (SSSR count). The molecule has 1 aliphatic rings. The predicted octanol–water partition coefficient (Wildman–Crippen LogP) is 2.17. The fraction of sp³-hybridized carbons (Fsp3) is 0.333. The van der Waals surface area contributed by atoms with Crippen LogP contribution in [0.3, 0.4) is 0 Å². The highest BCUT2D eigenvalue weighted by atomic mass is 16.5. The van der Waals surface area contributed by atoms with Crippen molar-refractivity contribution in [3.8, 4) is 5.75 Å². The molecule has 0 aliphatic carbocycles. The van der Waals surface area contributed by atoms with Gasteiger partial charge in [-0.15, -0.1) is 0 Å². The Morgan fingerprint density at radius 3 is 3.04 bits per heavy atom. The van der Waals surface area contributed by atoms with Crippen LogP contribution in [0.15, 0.2) is 48.7 Å². The zero-order valence-corrected chi connectivity index (χ0v) is 13.1. The fourth-order valence-corrected chi connectivity index (χ4v) is 2.74. The minimum Gasteiger partial charge on any atom is -0.497 e. The molecule has 1 aliphatic heterocycles. The number of methoxy groups -OCH3 is 1. The van der Waals surface area contributed by atoms with E-state index in [2.05, 4.69) is 4.98 Å². The standard InChI is InChI=1S/C18H20N2O3/c1-22-15-6-4-5-14(11-15)12-16-13-20(9-10-23-16)18(21)17-7-2-3-8-19-17/h2-8,11,16H,9-10,12-13H2,1H3/t16-/m1/s1. The molecular weight excluding hydrogens is 292 g/mol. The summed E-state index contributed by atoms with van der Waals surface area (Å²) >= 11 is 0. The first-order valence-corrected chi connectivity index (χ1v) is 7.71. The fourth-order valence-electron chi connectivity index (χ4n) is 2.74. The van der Waals surface area contributed by atoms with Gasteiger partial charge in [0.1, 0.15) is 11.4 Å². The Morgan fingerprint density at radius 2 is 2.26 bits per heavy atom. The number of carbonyl (C=O) groups excluding carboxylic acids is 1. The maximum Gasteiger partial charge on any atom is 0.272 e. The highest BCUT2D eigenvalue weighted by molar-refractivity contribution is 5.92. The summed E-state index contributed by atoms with van der Waals surface area (Å²) < 4.78 is 11.1. The molecule has 1 atom stereocenters. The van der Waals surface area contributed by atoms with Gasteiger partial charge in [0, 0.05) is 25.7 Å². The number of aromatic nitrogens is 1. The summed E-state index contributed by atoms with van der Waals surface area (Å²) in [6, 6.07) is 13.3. The first kappa shape index (κ1) is 15.5. The summed E-state index contributed by atoms with van der Waals surface area (Å²) in [5.74, 6) is 0.796. The summed E-state index contributed by atoms with van der Waals surface area (Å²) in [6.07, 6.45) is 2.38. The normalized spacial score (nSPS) is 17.8. The summed E-state index contributed by atoms with van der Waals surface area (Å²) in [4.78, 5) is 18.4. The number of rotatable bonds is 4. The van der Waals surface area contributed by atoms with Gasteiger partial charge in [-0.05, 0) is 29.8 Å². The molecule has 0 bridgehead atoms. The quantitative estimate of drug-likeness (QED) is 0.868. The van der Waals surface area contributed by atoms with Crippen LogP contribution in [-0.4, -0.2) is 48.7 Å². The van der Waals surface area contributed by atoms with Gasteiger partial charge in [0.05, 0.1) is 19.8 Å². The molecule has 23 heavy (non-hydrogen) atoms. The SMILES string of the molecule is COc1cccc(C[C@@H]2CN(C(=O)c3ccccn3)CCO2)c1. The molecule has 1 amide bonds. The lowest BCUT2D eigenvalue weighted by atomic mass is 10.1. The van der Waals surface area contributed by atoms with Crippen molar-refractivity contribution in [1.82, 2.24) is 9.88 Å². The highest BCUT2D eigenvalue weighted by Crippen LogP contribution is 2.17. The van der Waals surface area contributed by atoms with Gasteiger partial charge >= 0.3 is 0 Å². The number of carbonyl (C=O) groups is 1. The van der Waals surface area contributed by atoms with Crippen molar-refractivity contribution in [1.29, 1.82) is 0 Å². The van der Waals surface area contributed by atoms with Crippen molar-refractivity contribution in [3.05, 3.63) is 59.9 Å². The van der Waals surface area contributed by atoms with Crippen LogP contribution in [0.1, 0.15) is 16.1 Å². The van der Waals surface area contributed by atoms with E-state index >= 15 is 0 Å². The van der Waals surface area contributed by atoms with Gasteiger partial charge < -0.3 is 14.4 Å². The van der Waals surface area contributed by atoms with Gasteiger partial charge in [-0.1, -0.05) is 18.2 Å². The molecule has 0 spiro atoms. The van der Waals surface area contributed by atoms with E-state index in [-0.39, 0.29) is 12.0 Å². The second kappa shape index (κ2) is 7.24. The number of ether oxygens (including phenoxy) is 2. The van der Waals surface area contributed by atoms with E-state index in [1.165, 1.54) is 0 Å². The lowest BCUT2D eigenvalue weighted by Crippen LogP contribution is -2.46. The molecule has 0 radical (unpaired) electrons. The van der Waals surface area contributed by atoms with Crippen LogP contribution in [0.25, 0.3) is 0 Å². The number of pyridine rings is 1. The Morgan fingerprint density at radius 1 is 1.35 bits per heavy atom. The van der Waals surface area contributed by atoms with Crippen molar-refractivity contribution < 1.29 is 14.3 Å². The zero-order chi connectivity index (χ0) is 16.1. The van der Waals surface area contributed by atoms with Crippen molar-refractivity contribution in [2.45, 2.75) is 12.5 Å². The minimum atomic E-state index is -0.0375. The largest absolute Gasteiger partial charge is 0.497 e. The van der Waals surface area contributed by atoms with Crippen LogP contribution in [0, 0.1) is 0 Å². The van der Waals surface area contributed by atoms with Crippen molar-refractivity contribution >= 4 is 5.91 Å². The first-order valence-electron chi connectivity index (χ1n) is 7.71. The Labute approximate surface area is 135 Å². The number of hydrogen-bond donors (Lipinski definition) is 0. The molecule has 1 fully saturated rings. The number of amides is 1. The second-order valence-electron chi connectivity index (χ2n) is 5.51. The van der Waals surface area contributed by atoms with Gasteiger partial charge in [0.25, 0.3) is 5.91 Å². The average molecular weight is 312 g/mol. The molecule has 1 saturated heterocycles. The predicted molar refractivity (Wildman–Crippen MR) is 86.6 cm³/mol. The van der Waals surface area contributed by atoms with Crippen LogP contribution in [0.2, 0.25) is 0 Å². The maximum absolute atomic E-state index is 12.5. The van der Waals surface area contributed by atoms with Crippen LogP contribution < -0.4 is 4.74 Å². The second-order valence-corrected chi connectivity index (χ2v) is 5.51. The van der Waals surface area contributed by atoms with E-state index in [4.69, 9.17) is 9.47 Å². The molecule has 5 heteroatoms. The van der Waals surface area contributed by atoms with Gasteiger partial charge in [0.15, 0.2) is 0 Å². The summed E-state index contributed by atoms with van der Waals surface area (Å²) in [7, 11) is 1.66. The minimum absolute atomic E-state index is 0.0106. The molecule has 0 N–H and O–H groups in total. The topological polar surface area (TPSA) is 51.7 Å². The van der Waals surface area contributed by atoms with E-state index in [0.717, 1.165) is 17.7 Å². The maximum atomic E-state index is 12.5. The van der Waals surface area contributed by atoms with E-state index < -0.39 is 0 Å². The van der Waals surface area contributed by atoms with E-state index in [1.54, 1.807) is 19.4 Å². The van der Waals surface area contributed by atoms with Gasteiger partial charge in [0.2, 0.25) is 0 Å². The third-order valence-corrected chi connectivity index (χ3v) is 3.91. The molecule has 2 aromatic rings. The van der Waals surface area contributed by atoms with Crippen LogP contribution in [0.4, 0.5) is 0 Å². The van der Waals surface area contributed by atoms with Crippen molar-refractivity contribution in [2.24, 2.45) is 0 Å². The number of nitrogens with zero attached hydrogens (tertiary/aromatic N) is 2. The molecular formula is C18H20N2O3. The smallest absolute Gasteiger partial charge is 0.272 e. The average Bonchev–Trinajstić information content (AvgIpc) is 2.62. The van der Waals surface area contributed by atoms with E-state index in [9.17, 15) is 4.79 Å².